The van der Waals surface area contributed by atoms with E-state index in [-0.39, 0.29) is 11.9 Å². The first-order valence-corrected chi connectivity index (χ1v) is 5.76. The van der Waals surface area contributed by atoms with Crippen molar-refractivity contribution in [2.75, 3.05) is 20.1 Å². The Bertz CT molecular complexity index is 359. The van der Waals surface area contributed by atoms with Gasteiger partial charge < -0.3 is 9.64 Å². The van der Waals surface area contributed by atoms with Crippen molar-refractivity contribution in [3.8, 4) is 5.75 Å². The molecular weight excluding hydrogens is 205 g/mol. The van der Waals surface area contributed by atoms with Gasteiger partial charge in [0.1, 0.15) is 17.7 Å². The van der Waals surface area contributed by atoms with Crippen molar-refractivity contribution < 1.29 is 9.13 Å². The number of rotatable bonds is 2. The van der Waals surface area contributed by atoms with Crippen LogP contribution in [-0.2, 0) is 0 Å². The Hall–Kier alpha value is -1.09. The molecule has 2 rings (SSSR count). The first-order chi connectivity index (χ1) is 7.65. The Morgan fingerprint density at radius 2 is 2.00 bits per heavy atom. The Kier molecular flexibility index (Phi) is 3.44. The highest BCUT2D eigenvalue weighted by molar-refractivity contribution is 5.29. The quantitative estimate of drug-likeness (QED) is 0.764. The maximum Gasteiger partial charge on any atom is 0.126 e. The fourth-order valence-electron chi connectivity index (χ4n) is 1.99. The lowest BCUT2D eigenvalue weighted by Crippen LogP contribution is -2.35. The van der Waals surface area contributed by atoms with Gasteiger partial charge in [-0.2, -0.15) is 0 Å². The van der Waals surface area contributed by atoms with Gasteiger partial charge in [-0.3, -0.25) is 0 Å². The van der Waals surface area contributed by atoms with Gasteiger partial charge in [-0.15, -0.1) is 0 Å². The maximum absolute atomic E-state index is 13.1. The third-order valence-electron chi connectivity index (χ3n) is 3.10. The van der Waals surface area contributed by atoms with Gasteiger partial charge in [0.05, 0.1) is 0 Å². The molecule has 0 amide bonds. The minimum absolute atomic E-state index is 0.171. The Balaban J connectivity index is 1.96. The van der Waals surface area contributed by atoms with E-state index in [9.17, 15) is 4.39 Å². The number of piperidine rings is 1. The standard InChI is InChI=1S/C13H18FNO/c1-10-9-12(3-4-13(10)14)16-11-5-7-15(2)8-6-11/h3-4,9,11H,5-8H2,1-2H3. The van der Waals surface area contributed by atoms with Gasteiger partial charge in [-0.25, -0.2) is 4.39 Å². The molecule has 0 aliphatic carbocycles. The largest absolute Gasteiger partial charge is 0.490 e. The second-order valence-corrected chi connectivity index (χ2v) is 4.53. The van der Waals surface area contributed by atoms with Crippen LogP contribution in [-0.4, -0.2) is 31.1 Å². The van der Waals surface area contributed by atoms with E-state index in [1.807, 2.05) is 0 Å². The Morgan fingerprint density at radius 3 is 2.62 bits per heavy atom. The highest BCUT2D eigenvalue weighted by Crippen LogP contribution is 2.20. The van der Waals surface area contributed by atoms with Gasteiger partial charge in [0.15, 0.2) is 0 Å². The lowest BCUT2D eigenvalue weighted by molar-refractivity contribution is 0.114. The van der Waals surface area contributed by atoms with Crippen molar-refractivity contribution in [1.29, 1.82) is 0 Å². The summed E-state index contributed by atoms with van der Waals surface area (Å²) in [7, 11) is 2.12. The number of hydrogen-bond acceptors (Lipinski definition) is 2. The lowest BCUT2D eigenvalue weighted by Gasteiger charge is -2.29. The average Bonchev–Trinajstić information content (AvgIpc) is 2.27. The summed E-state index contributed by atoms with van der Waals surface area (Å²) in [6.45, 7) is 3.91. The van der Waals surface area contributed by atoms with Crippen molar-refractivity contribution >= 4 is 0 Å². The Labute approximate surface area is 96.0 Å². The molecule has 3 heteroatoms. The van der Waals surface area contributed by atoms with Crippen LogP contribution in [0.15, 0.2) is 18.2 Å². The molecule has 0 unspecified atom stereocenters. The van der Waals surface area contributed by atoms with Gasteiger partial charge in [-0.05, 0) is 50.6 Å². The lowest BCUT2D eigenvalue weighted by atomic mass is 10.1. The third kappa shape index (κ3) is 2.73. The predicted molar refractivity (Wildman–Crippen MR) is 62.3 cm³/mol. The van der Waals surface area contributed by atoms with Crippen LogP contribution >= 0.6 is 0 Å². The summed E-state index contributed by atoms with van der Waals surface area (Å²) in [5.41, 5.74) is 0.644. The van der Waals surface area contributed by atoms with E-state index in [0.29, 0.717) is 5.56 Å². The molecule has 0 N–H and O–H groups in total. The molecule has 2 nitrogen and oxygen atoms in total. The van der Waals surface area contributed by atoms with E-state index in [2.05, 4.69) is 11.9 Å². The normalized spacial score (nSPS) is 18.7. The predicted octanol–water partition coefficient (Wildman–Crippen LogP) is 2.61. The zero-order chi connectivity index (χ0) is 11.5. The van der Waals surface area contributed by atoms with E-state index in [0.717, 1.165) is 31.7 Å². The van der Waals surface area contributed by atoms with Crippen LogP contribution in [0.3, 0.4) is 0 Å². The van der Waals surface area contributed by atoms with Crippen molar-refractivity contribution in [2.45, 2.75) is 25.9 Å². The summed E-state index contributed by atoms with van der Waals surface area (Å²) >= 11 is 0. The molecule has 16 heavy (non-hydrogen) atoms. The van der Waals surface area contributed by atoms with Gasteiger partial charge >= 0.3 is 0 Å². The smallest absolute Gasteiger partial charge is 0.126 e. The zero-order valence-corrected chi connectivity index (χ0v) is 9.87. The molecule has 0 bridgehead atoms. The zero-order valence-electron chi connectivity index (χ0n) is 9.87. The average molecular weight is 223 g/mol. The van der Waals surface area contributed by atoms with E-state index < -0.39 is 0 Å². The molecule has 1 aliphatic heterocycles. The van der Waals surface area contributed by atoms with Crippen molar-refractivity contribution in [3.63, 3.8) is 0 Å². The SMILES string of the molecule is Cc1cc(OC2CCN(C)CC2)ccc1F. The van der Waals surface area contributed by atoms with Crippen LogP contribution < -0.4 is 4.74 Å². The molecule has 1 fully saturated rings. The first kappa shape index (κ1) is 11.4. The van der Waals surface area contributed by atoms with Crippen LogP contribution in [0.4, 0.5) is 4.39 Å². The molecule has 1 heterocycles. The number of hydrogen-bond donors (Lipinski definition) is 0. The third-order valence-corrected chi connectivity index (χ3v) is 3.10. The van der Waals surface area contributed by atoms with Crippen LogP contribution in [0.25, 0.3) is 0 Å². The topological polar surface area (TPSA) is 12.5 Å². The minimum atomic E-state index is -0.171. The number of aryl methyl sites for hydroxylation is 1. The molecule has 0 aromatic heterocycles. The molecule has 0 radical (unpaired) electrons. The summed E-state index contributed by atoms with van der Waals surface area (Å²) in [4.78, 5) is 2.30. The number of benzene rings is 1. The van der Waals surface area contributed by atoms with Crippen LogP contribution in [0, 0.1) is 12.7 Å². The molecule has 0 spiro atoms. The maximum atomic E-state index is 13.1. The summed E-state index contributed by atoms with van der Waals surface area (Å²) < 4.78 is 18.9. The summed E-state index contributed by atoms with van der Waals surface area (Å²) in [6.07, 6.45) is 2.38. The minimum Gasteiger partial charge on any atom is -0.490 e. The number of likely N-dealkylation sites (tertiary alicyclic amines) is 1. The van der Waals surface area contributed by atoms with E-state index in [1.54, 1.807) is 19.1 Å². The number of nitrogens with zero attached hydrogens (tertiary/aromatic N) is 1. The number of halogens is 1. The van der Waals surface area contributed by atoms with Gasteiger partial charge in [-0.1, -0.05) is 0 Å². The van der Waals surface area contributed by atoms with Gasteiger partial charge in [0.2, 0.25) is 0 Å². The molecular formula is C13H18FNO. The molecule has 1 saturated heterocycles. The molecule has 88 valence electrons. The Morgan fingerprint density at radius 1 is 1.31 bits per heavy atom. The highest BCUT2D eigenvalue weighted by atomic mass is 19.1. The van der Waals surface area contributed by atoms with Gasteiger partial charge in [0.25, 0.3) is 0 Å². The van der Waals surface area contributed by atoms with Gasteiger partial charge in [0, 0.05) is 13.1 Å². The molecule has 0 atom stereocenters. The number of ether oxygens (including phenoxy) is 1. The molecule has 1 aromatic rings. The van der Waals surface area contributed by atoms with Crippen molar-refractivity contribution in [1.82, 2.24) is 4.90 Å². The fraction of sp³-hybridized carbons (Fsp3) is 0.538. The summed E-state index contributed by atoms with van der Waals surface area (Å²) in [5.74, 6) is 0.615. The fourth-order valence-corrected chi connectivity index (χ4v) is 1.99. The second kappa shape index (κ2) is 4.83. The second-order valence-electron chi connectivity index (χ2n) is 4.53. The molecule has 1 aromatic carbocycles. The monoisotopic (exact) mass is 223 g/mol. The van der Waals surface area contributed by atoms with E-state index >= 15 is 0 Å². The van der Waals surface area contributed by atoms with E-state index in [1.165, 1.54) is 6.07 Å². The summed E-state index contributed by atoms with van der Waals surface area (Å²) in [5, 5.41) is 0. The molecule has 1 aliphatic rings. The summed E-state index contributed by atoms with van der Waals surface area (Å²) in [6, 6.07) is 4.95. The first-order valence-electron chi connectivity index (χ1n) is 5.76. The van der Waals surface area contributed by atoms with Crippen LogP contribution in [0.5, 0.6) is 5.75 Å². The molecule has 0 saturated carbocycles. The van der Waals surface area contributed by atoms with Crippen molar-refractivity contribution in [2.24, 2.45) is 0 Å². The van der Waals surface area contributed by atoms with E-state index in [4.69, 9.17) is 4.74 Å². The highest BCUT2D eigenvalue weighted by Gasteiger charge is 2.18. The van der Waals surface area contributed by atoms with Crippen molar-refractivity contribution in [3.05, 3.63) is 29.6 Å². The van der Waals surface area contributed by atoms with Crippen LogP contribution in [0.1, 0.15) is 18.4 Å². The van der Waals surface area contributed by atoms with Crippen LogP contribution in [0.2, 0.25) is 0 Å².